The Bertz CT molecular complexity index is 916. The third-order valence-corrected chi connectivity index (χ3v) is 5.31. The third kappa shape index (κ3) is 2.86. The number of hydrogen-bond donors (Lipinski definition) is 1. The largest absolute Gasteiger partial charge is 0.328 e. The molecule has 1 N–H and O–H groups in total. The second-order valence-electron chi connectivity index (χ2n) is 6.50. The minimum atomic E-state index is -0.616. The van der Waals surface area contributed by atoms with E-state index < -0.39 is 23.0 Å². The molecule has 1 saturated carbocycles. The molecule has 1 aliphatic carbocycles. The third-order valence-electron chi connectivity index (χ3n) is 4.70. The summed E-state index contributed by atoms with van der Waals surface area (Å²) in [4.78, 5) is 33.6. The molecule has 1 fully saturated rings. The minimum Gasteiger partial charge on any atom is -0.328 e. The lowest BCUT2D eigenvalue weighted by atomic mass is 9.86. The Hall–Kier alpha value is -2.42. The van der Waals surface area contributed by atoms with Crippen molar-refractivity contribution in [2.24, 2.45) is 0 Å². The number of rotatable bonds is 3. The van der Waals surface area contributed by atoms with Crippen molar-refractivity contribution < 1.29 is 18.4 Å². The van der Waals surface area contributed by atoms with Gasteiger partial charge in [0.05, 0.1) is 16.9 Å². The zero-order chi connectivity index (χ0) is 18.5. The van der Waals surface area contributed by atoms with Crippen molar-refractivity contribution >= 4 is 33.7 Å². The van der Waals surface area contributed by atoms with Crippen molar-refractivity contribution in [3.05, 3.63) is 51.8 Å². The van der Waals surface area contributed by atoms with Gasteiger partial charge in [-0.1, -0.05) is 0 Å². The zero-order valence-corrected chi connectivity index (χ0v) is 15.0. The maximum Gasteiger partial charge on any atom is 0.254 e. The summed E-state index contributed by atoms with van der Waals surface area (Å²) in [6.45, 7) is 0.0718. The van der Waals surface area contributed by atoms with Gasteiger partial charge in [-0.3, -0.25) is 14.9 Å². The van der Waals surface area contributed by atoms with E-state index in [9.17, 15) is 18.4 Å². The molecule has 0 atom stereocenters. The summed E-state index contributed by atoms with van der Waals surface area (Å²) in [6.07, 6.45) is 3.40. The van der Waals surface area contributed by atoms with Crippen LogP contribution in [0, 0.1) is 11.6 Å². The van der Waals surface area contributed by atoms with E-state index in [1.54, 1.807) is 6.07 Å². The van der Waals surface area contributed by atoms with Crippen LogP contribution in [0.3, 0.4) is 0 Å². The molecule has 0 unspecified atom stereocenters. The first-order chi connectivity index (χ1) is 12.4. The SMILES string of the molecule is O=C(CN1CC2(CC2)c2c(ccc(Br)c2F)C1=O)Nc1ncc(F)cn1. The van der Waals surface area contributed by atoms with Gasteiger partial charge in [0.1, 0.15) is 12.4 Å². The summed E-state index contributed by atoms with van der Waals surface area (Å²) >= 11 is 3.17. The van der Waals surface area contributed by atoms with E-state index in [1.165, 1.54) is 11.0 Å². The Morgan fingerprint density at radius 2 is 1.96 bits per heavy atom. The summed E-state index contributed by atoms with van der Waals surface area (Å²) in [5, 5.41) is 2.43. The second-order valence-corrected chi connectivity index (χ2v) is 7.35. The molecule has 4 rings (SSSR count). The van der Waals surface area contributed by atoms with E-state index in [4.69, 9.17) is 0 Å². The summed E-state index contributed by atoms with van der Waals surface area (Å²) in [5.41, 5.74) is 0.305. The van der Waals surface area contributed by atoms with Crippen molar-refractivity contribution in [3.63, 3.8) is 0 Å². The van der Waals surface area contributed by atoms with E-state index >= 15 is 0 Å². The molecule has 1 aliphatic heterocycles. The number of nitrogens with one attached hydrogen (secondary N) is 1. The highest BCUT2D eigenvalue weighted by molar-refractivity contribution is 9.10. The zero-order valence-electron chi connectivity index (χ0n) is 13.4. The number of amides is 2. The number of anilines is 1. The Kier molecular flexibility index (Phi) is 3.98. The van der Waals surface area contributed by atoms with Crippen molar-refractivity contribution in [1.29, 1.82) is 0 Å². The minimum absolute atomic E-state index is 0.0441. The number of benzene rings is 1. The first-order valence-corrected chi connectivity index (χ1v) is 8.74. The van der Waals surface area contributed by atoms with E-state index in [-0.39, 0.29) is 24.9 Å². The molecule has 1 aromatic carbocycles. The fourth-order valence-electron chi connectivity index (χ4n) is 3.34. The molecule has 9 heteroatoms. The van der Waals surface area contributed by atoms with Crippen LogP contribution in [0.5, 0.6) is 0 Å². The molecule has 2 aliphatic rings. The highest BCUT2D eigenvalue weighted by Gasteiger charge is 2.53. The maximum absolute atomic E-state index is 14.6. The molecular weight excluding hydrogens is 410 g/mol. The first kappa shape index (κ1) is 17.0. The van der Waals surface area contributed by atoms with Crippen LogP contribution in [-0.4, -0.2) is 39.8 Å². The molecule has 1 aromatic heterocycles. The fourth-order valence-corrected chi connectivity index (χ4v) is 3.67. The molecule has 134 valence electrons. The molecule has 6 nitrogen and oxygen atoms in total. The van der Waals surface area contributed by atoms with Crippen LogP contribution >= 0.6 is 15.9 Å². The Balaban J connectivity index is 1.55. The number of hydrogen-bond acceptors (Lipinski definition) is 4. The van der Waals surface area contributed by atoms with Gasteiger partial charge in [-0.05, 0) is 40.9 Å². The average molecular weight is 423 g/mol. The summed E-state index contributed by atoms with van der Waals surface area (Å²) in [5.74, 6) is -1.95. The summed E-state index contributed by atoms with van der Waals surface area (Å²) < 4.78 is 27.7. The Labute approximate surface area is 155 Å². The van der Waals surface area contributed by atoms with Crippen molar-refractivity contribution in [1.82, 2.24) is 14.9 Å². The van der Waals surface area contributed by atoms with Gasteiger partial charge in [0.2, 0.25) is 11.9 Å². The van der Waals surface area contributed by atoms with Crippen LogP contribution in [0.15, 0.2) is 29.0 Å². The molecule has 0 bridgehead atoms. The molecule has 26 heavy (non-hydrogen) atoms. The standard InChI is InChI=1S/C17H13BrF2N4O2/c18-11-2-1-10-13(14(11)20)17(3-4-17)8-24(15(10)26)7-12(25)23-16-21-5-9(19)6-22-16/h1-2,5-6H,3-4,7-8H2,(H,21,22,23,25). The molecular formula is C17H13BrF2N4O2. The monoisotopic (exact) mass is 422 g/mol. The van der Waals surface area contributed by atoms with E-state index in [1.807, 2.05) is 0 Å². The Morgan fingerprint density at radius 1 is 1.27 bits per heavy atom. The number of fused-ring (bicyclic) bond motifs is 2. The molecule has 2 heterocycles. The van der Waals surface area contributed by atoms with Gasteiger partial charge in [-0.2, -0.15) is 0 Å². The van der Waals surface area contributed by atoms with Crippen LogP contribution in [0.4, 0.5) is 14.7 Å². The van der Waals surface area contributed by atoms with Crippen LogP contribution in [0.25, 0.3) is 0 Å². The van der Waals surface area contributed by atoms with Crippen molar-refractivity contribution in [2.75, 3.05) is 18.4 Å². The highest BCUT2D eigenvalue weighted by Crippen LogP contribution is 2.53. The van der Waals surface area contributed by atoms with Gasteiger partial charge >= 0.3 is 0 Å². The predicted octanol–water partition coefficient (Wildman–Crippen LogP) is 2.64. The Morgan fingerprint density at radius 3 is 2.62 bits per heavy atom. The number of carbonyl (C=O) groups is 2. The smallest absolute Gasteiger partial charge is 0.254 e. The lowest BCUT2D eigenvalue weighted by molar-refractivity contribution is -0.117. The highest BCUT2D eigenvalue weighted by atomic mass is 79.9. The van der Waals surface area contributed by atoms with Crippen molar-refractivity contribution in [3.8, 4) is 0 Å². The summed E-state index contributed by atoms with van der Waals surface area (Å²) in [6, 6.07) is 3.08. The van der Waals surface area contributed by atoms with Crippen LogP contribution in [0.2, 0.25) is 0 Å². The second kappa shape index (κ2) is 6.08. The number of nitrogens with zero attached hydrogens (tertiary/aromatic N) is 3. The lowest BCUT2D eigenvalue weighted by Crippen LogP contribution is -2.47. The van der Waals surface area contributed by atoms with E-state index in [0.717, 1.165) is 25.2 Å². The van der Waals surface area contributed by atoms with Gasteiger partial charge in [0, 0.05) is 23.1 Å². The van der Waals surface area contributed by atoms with E-state index in [2.05, 4.69) is 31.2 Å². The molecule has 1 spiro atoms. The van der Waals surface area contributed by atoms with Crippen LogP contribution < -0.4 is 5.32 Å². The van der Waals surface area contributed by atoms with Gasteiger partial charge in [-0.25, -0.2) is 18.7 Å². The van der Waals surface area contributed by atoms with Gasteiger partial charge < -0.3 is 4.90 Å². The van der Waals surface area contributed by atoms with E-state index in [0.29, 0.717) is 15.6 Å². The molecule has 0 radical (unpaired) electrons. The predicted molar refractivity (Wildman–Crippen MR) is 91.5 cm³/mol. The maximum atomic E-state index is 14.6. The van der Waals surface area contributed by atoms with Gasteiger partial charge in [0.25, 0.3) is 5.91 Å². The van der Waals surface area contributed by atoms with Crippen molar-refractivity contribution in [2.45, 2.75) is 18.3 Å². The number of aromatic nitrogens is 2. The molecule has 2 amide bonds. The van der Waals surface area contributed by atoms with Gasteiger partial charge in [0.15, 0.2) is 5.82 Å². The topological polar surface area (TPSA) is 75.2 Å². The average Bonchev–Trinajstić information content (AvgIpc) is 3.37. The number of halogens is 3. The quantitative estimate of drug-likeness (QED) is 0.824. The molecule has 2 aromatic rings. The van der Waals surface area contributed by atoms with Gasteiger partial charge in [-0.15, -0.1) is 0 Å². The molecule has 0 saturated heterocycles. The number of carbonyl (C=O) groups excluding carboxylic acids is 2. The van der Waals surface area contributed by atoms with Crippen LogP contribution in [0.1, 0.15) is 28.8 Å². The first-order valence-electron chi connectivity index (χ1n) is 7.95. The lowest BCUT2D eigenvalue weighted by Gasteiger charge is -2.34. The normalized spacial score (nSPS) is 17.2. The fraction of sp³-hybridized carbons (Fsp3) is 0.294. The summed E-state index contributed by atoms with van der Waals surface area (Å²) in [7, 11) is 0. The van der Waals surface area contributed by atoms with Crippen LogP contribution in [-0.2, 0) is 10.2 Å².